The van der Waals surface area contributed by atoms with Gasteiger partial charge in [0, 0.05) is 56.0 Å². The molecule has 1 amide bonds. The molecule has 14 heteroatoms. The second-order valence-corrected chi connectivity index (χ2v) is 9.14. The summed E-state index contributed by atoms with van der Waals surface area (Å²) in [5.41, 5.74) is 3.34. The maximum absolute atomic E-state index is 12.7. The number of ether oxygens (including phenoxy) is 1. The van der Waals surface area contributed by atoms with Crippen LogP contribution in [0, 0.1) is 0 Å². The van der Waals surface area contributed by atoms with Crippen LogP contribution in [-0.2, 0) is 9.53 Å². The largest absolute Gasteiger partial charge is 0.490 e. The smallest absolute Gasteiger partial charge is 0.475 e. The molecule has 2 saturated heterocycles. The van der Waals surface area contributed by atoms with Gasteiger partial charge in [0.05, 0.1) is 25.0 Å². The topological polar surface area (TPSA) is 133 Å². The number of hydrogen-bond donors (Lipinski definition) is 3. The van der Waals surface area contributed by atoms with E-state index in [1.165, 1.54) is 5.69 Å². The van der Waals surface area contributed by atoms with Crippen LogP contribution >= 0.6 is 0 Å². The van der Waals surface area contributed by atoms with Crippen LogP contribution in [-0.4, -0.2) is 93.4 Å². The van der Waals surface area contributed by atoms with Crippen LogP contribution < -0.4 is 10.2 Å². The number of nitrogens with one attached hydrogen (secondary N) is 1. The normalized spacial score (nSPS) is 16.2. The van der Waals surface area contributed by atoms with E-state index in [4.69, 9.17) is 14.6 Å². The van der Waals surface area contributed by atoms with E-state index in [0.717, 1.165) is 37.7 Å². The third-order valence-electron chi connectivity index (χ3n) is 6.33. The maximum atomic E-state index is 12.7. The highest BCUT2D eigenvalue weighted by molar-refractivity contribution is 5.92. The number of carbonyl (C=O) groups is 2. The number of carboxylic acid groups (broad SMARTS) is 1. The van der Waals surface area contributed by atoms with Crippen molar-refractivity contribution >= 4 is 29.1 Å². The second kappa shape index (κ2) is 12.8. The highest BCUT2D eigenvalue weighted by atomic mass is 19.4. The van der Waals surface area contributed by atoms with Crippen molar-refractivity contribution in [3.8, 4) is 5.69 Å². The van der Waals surface area contributed by atoms with Crippen molar-refractivity contribution in [3.63, 3.8) is 0 Å². The first-order valence-corrected chi connectivity index (χ1v) is 12.6. The first-order valence-electron chi connectivity index (χ1n) is 12.6. The van der Waals surface area contributed by atoms with E-state index in [0.29, 0.717) is 37.4 Å². The number of aliphatic carboxylic acids is 1. The molecule has 40 heavy (non-hydrogen) atoms. The number of pyridine rings is 1. The Morgan fingerprint density at radius 2 is 1.62 bits per heavy atom. The molecule has 0 bridgehead atoms. The molecule has 0 unspecified atom stereocenters. The Hall–Kier alpha value is -4.17. The summed E-state index contributed by atoms with van der Waals surface area (Å²) >= 11 is 0. The molecule has 0 radical (unpaired) electrons. The van der Waals surface area contributed by atoms with Crippen LogP contribution in [0.5, 0.6) is 0 Å². The van der Waals surface area contributed by atoms with E-state index < -0.39 is 12.1 Å². The molecule has 5 rings (SSSR count). The van der Waals surface area contributed by atoms with E-state index >= 15 is 0 Å². The van der Waals surface area contributed by atoms with Gasteiger partial charge in [-0.05, 0) is 49.2 Å². The van der Waals surface area contributed by atoms with Gasteiger partial charge in [0.15, 0.2) is 5.69 Å². The first kappa shape index (κ1) is 28.8. The SMILES string of the molecule is O=C(O)C(F)(F)F.O=C(c1ccn(-c2ccnc(Nc3ccc(N4CCOCC4)cc3)c2)n1)N1CCC(O)CC1. The lowest BCUT2D eigenvalue weighted by Crippen LogP contribution is -2.40. The van der Waals surface area contributed by atoms with E-state index in [9.17, 15) is 23.1 Å². The number of aliphatic hydroxyl groups is 1. The van der Waals surface area contributed by atoms with E-state index in [2.05, 4.69) is 32.4 Å². The Kier molecular flexibility index (Phi) is 9.22. The lowest BCUT2D eigenvalue weighted by molar-refractivity contribution is -0.192. The van der Waals surface area contributed by atoms with Crippen LogP contribution in [0.1, 0.15) is 23.3 Å². The van der Waals surface area contributed by atoms with Gasteiger partial charge in [-0.1, -0.05) is 0 Å². The summed E-state index contributed by atoms with van der Waals surface area (Å²) in [6.07, 6.45) is -0.680. The number of carbonyl (C=O) groups excluding carboxylic acids is 1. The van der Waals surface area contributed by atoms with Crippen molar-refractivity contribution in [2.45, 2.75) is 25.1 Å². The maximum Gasteiger partial charge on any atom is 0.490 e. The van der Waals surface area contributed by atoms with Crippen LogP contribution in [0.4, 0.5) is 30.4 Å². The number of halogens is 3. The number of nitrogens with zero attached hydrogens (tertiary/aromatic N) is 5. The number of aliphatic hydroxyl groups excluding tert-OH is 1. The number of piperidine rings is 1. The minimum atomic E-state index is -5.08. The average molecular weight is 563 g/mol. The van der Waals surface area contributed by atoms with Crippen LogP contribution in [0.25, 0.3) is 5.69 Å². The van der Waals surface area contributed by atoms with E-state index in [1.807, 2.05) is 24.3 Å². The molecule has 0 aliphatic carbocycles. The highest BCUT2D eigenvalue weighted by Crippen LogP contribution is 2.22. The number of benzene rings is 1. The van der Waals surface area contributed by atoms with Gasteiger partial charge in [0.1, 0.15) is 5.82 Å². The van der Waals surface area contributed by atoms with Crippen molar-refractivity contribution in [2.75, 3.05) is 49.6 Å². The zero-order chi connectivity index (χ0) is 28.7. The fourth-order valence-electron chi connectivity index (χ4n) is 4.17. The number of likely N-dealkylation sites (tertiary alicyclic amines) is 1. The molecular weight excluding hydrogens is 533 g/mol. The Morgan fingerprint density at radius 1 is 0.975 bits per heavy atom. The van der Waals surface area contributed by atoms with Crippen molar-refractivity contribution in [2.24, 2.45) is 0 Å². The molecule has 3 N–H and O–H groups in total. The van der Waals surface area contributed by atoms with Crippen molar-refractivity contribution in [1.29, 1.82) is 0 Å². The van der Waals surface area contributed by atoms with Gasteiger partial charge < -0.3 is 30.1 Å². The summed E-state index contributed by atoms with van der Waals surface area (Å²) in [5.74, 6) is -2.17. The number of rotatable bonds is 5. The van der Waals surface area contributed by atoms with Gasteiger partial charge >= 0.3 is 12.1 Å². The molecule has 2 aliphatic heterocycles. The van der Waals surface area contributed by atoms with Crippen LogP contribution in [0.2, 0.25) is 0 Å². The lowest BCUT2D eigenvalue weighted by atomic mass is 10.1. The van der Waals surface area contributed by atoms with Gasteiger partial charge in [0.2, 0.25) is 0 Å². The molecule has 11 nitrogen and oxygen atoms in total. The Labute approximate surface area is 227 Å². The predicted octanol–water partition coefficient (Wildman–Crippen LogP) is 3.08. The fraction of sp³-hybridized carbons (Fsp3) is 0.385. The molecule has 4 heterocycles. The summed E-state index contributed by atoms with van der Waals surface area (Å²) in [5, 5.41) is 24.6. The first-order chi connectivity index (χ1) is 19.1. The van der Waals surface area contributed by atoms with Gasteiger partial charge in [-0.15, -0.1) is 0 Å². The average Bonchev–Trinajstić information content (AvgIpc) is 3.45. The molecule has 0 atom stereocenters. The van der Waals surface area contributed by atoms with Gasteiger partial charge in [-0.2, -0.15) is 18.3 Å². The molecule has 3 aromatic rings. The summed E-state index contributed by atoms with van der Waals surface area (Å²) in [6.45, 7) is 4.45. The number of amides is 1. The van der Waals surface area contributed by atoms with Crippen molar-refractivity contribution in [1.82, 2.24) is 19.7 Å². The lowest BCUT2D eigenvalue weighted by Gasteiger charge is -2.28. The van der Waals surface area contributed by atoms with Crippen molar-refractivity contribution in [3.05, 3.63) is 60.6 Å². The quantitative estimate of drug-likeness (QED) is 0.429. The second-order valence-electron chi connectivity index (χ2n) is 9.14. The molecule has 214 valence electrons. The molecule has 1 aromatic carbocycles. The number of morpholine rings is 1. The highest BCUT2D eigenvalue weighted by Gasteiger charge is 2.38. The van der Waals surface area contributed by atoms with Crippen molar-refractivity contribution < 1.29 is 37.7 Å². The fourth-order valence-corrected chi connectivity index (χ4v) is 4.17. The minimum Gasteiger partial charge on any atom is -0.475 e. The molecule has 2 aliphatic rings. The third kappa shape index (κ3) is 7.70. The summed E-state index contributed by atoms with van der Waals surface area (Å²) in [7, 11) is 0. The van der Waals surface area contributed by atoms with Gasteiger partial charge in [0.25, 0.3) is 5.91 Å². The number of anilines is 3. The standard InChI is InChI=1S/C24H28N6O3.C2HF3O2/c31-21-6-10-29(11-7-21)24(32)22-8-12-30(27-22)20-5-9-25-23(17-20)26-18-1-3-19(4-2-18)28-13-15-33-16-14-28;3-2(4,5)1(6)7/h1-5,8-9,12,17,21,31H,6-7,10-11,13-16H2,(H,25,26);(H,6,7). The molecule has 0 saturated carbocycles. The molecular formula is C26H29F3N6O5. The number of hydrogen-bond acceptors (Lipinski definition) is 8. The number of carboxylic acids is 1. The Balaban J connectivity index is 0.000000470. The monoisotopic (exact) mass is 562 g/mol. The van der Waals surface area contributed by atoms with Crippen LogP contribution in [0.3, 0.4) is 0 Å². The third-order valence-corrected chi connectivity index (χ3v) is 6.33. The minimum absolute atomic E-state index is 0.103. The molecule has 0 spiro atoms. The predicted molar refractivity (Wildman–Crippen MR) is 139 cm³/mol. The Morgan fingerprint density at radius 3 is 2.25 bits per heavy atom. The molecule has 2 fully saturated rings. The van der Waals surface area contributed by atoms with Gasteiger partial charge in [-0.25, -0.2) is 14.5 Å². The van der Waals surface area contributed by atoms with Crippen LogP contribution in [0.15, 0.2) is 54.9 Å². The molecule has 2 aromatic heterocycles. The summed E-state index contributed by atoms with van der Waals surface area (Å²) in [4.78, 5) is 30.1. The van der Waals surface area contributed by atoms with E-state index in [-0.39, 0.29) is 12.0 Å². The van der Waals surface area contributed by atoms with E-state index in [1.54, 1.807) is 28.0 Å². The zero-order valence-electron chi connectivity index (χ0n) is 21.4. The van der Waals surface area contributed by atoms with Gasteiger partial charge in [-0.3, -0.25) is 4.79 Å². The number of alkyl halides is 3. The Bertz CT molecular complexity index is 1290. The zero-order valence-corrected chi connectivity index (χ0v) is 21.4. The summed E-state index contributed by atoms with van der Waals surface area (Å²) in [6, 6.07) is 13.8. The summed E-state index contributed by atoms with van der Waals surface area (Å²) < 4.78 is 38.8. The number of aromatic nitrogens is 3.